The van der Waals surface area contributed by atoms with Crippen LogP contribution in [0, 0.1) is 0 Å². The monoisotopic (exact) mass is 574 g/mol. The van der Waals surface area contributed by atoms with Gasteiger partial charge in [0.15, 0.2) is 5.82 Å². The van der Waals surface area contributed by atoms with Crippen molar-refractivity contribution < 1.29 is 31.1 Å². The minimum atomic E-state index is -4.74. The summed E-state index contributed by atoms with van der Waals surface area (Å²) >= 11 is 0.565. The van der Waals surface area contributed by atoms with E-state index in [2.05, 4.69) is 25.0 Å². The molecule has 0 bridgehead atoms. The second-order valence-corrected chi connectivity index (χ2v) is 9.77. The molecular formula is C28H20F6N4OS. The minimum Gasteiger partial charge on any atom is -0.406 e. The lowest BCUT2D eigenvalue weighted by atomic mass is 10.0. The number of fused-ring (bicyclic) bond motifs is 1. The van der Waals surface area contributed by atoms with E-state index in [-0.39, 0.29) is 16.4 Å². The van der Waals surface area contributed by atoms with Gasteiger partial charge in [-0.25, -0.2) is 9.97 Å². The third kappa shape index (κ3) is 6.68. The molecule has 0 spiro atoms. The predicted molar refractivity (Wildman–Crippen MR) is 141 cm³/mol. The SMILES string of the molecule is FC(F)(F)Oc1ccc(-c2ccc(CCCNc3nc(-c4ccccn4)nc4sc(C(F)(F)F)cc34)cc2)cc1. The Morgan fingerprint density at radius 1 is 0.825 bits per heavy atom. The van der Waals surface area contributed by atoms with Crippen molar-refractivity contribution in [2.24, 2.45) is 0 Å². The molecule has 0 radical (unpaired) electrons. The molecule has 0 atom stereocenters. The van der Waals surface area contributed by atoms with Gasteiger partial charge in [-0.3, -0.25) is 4.98 Å². The highest BCUT2D eigenvalue weighted by Crippen LogP contribution is 2.40. The zero-order valence-corrected chi connectivity index (χ0v) is 21.4. The van der Waals surface area contributed by atoms with Crippen LogP contribution in [0.1, 0.15) is 16.9 Å². The van der Waals surface area contributed by atoms with Gasteiger partial charge in [0.05, 0.1) is 5.39 Å². The first-order chi connectivity index (χ1) is 19.0. The number of pyridine rings is 1. The van der Waals surface area contributed by atoms with Gasteiger partial charge in [-0.15, -0.1) is 24.5 Å². The summed E-state index contributed by atoms with van der Waals surface area (Å²) < 4.78 is 81.1. The number of aryl methyl sites for hydroxylation is 1. The van der Waals surface area contributed by atoms with Gasteiger partial charge in [-0.1, -0.05) is 42.5 Å². The van der Waals surface area contributed by atoms with E-state index in [1.165, 1.54) is 12.1 Å². The molecule has 5 aromatic rings. The molecule has 0 saturated carbocycles. The molecule has 5 nitrogen and oxygen atoms in total. The van der Waals surface area contributed by atoms with Crippen molar-refractivity contribution in [1.82, 2.24) is 15.0 Å². The number of benzene rings is 2. The van der Waals surface area contributed by atoms with Crippen LogP contribution in [0.2, 0.25) is 0 Å². The van der Waals surface area contributed by atoms with Crippen molar-refractivity contribution in [2.45, 2.75) is 25.4 Å². The molecule has 2 aromatic carbocycles. The maximum absolute atomic E-state index is 13.4. The van der Waals surface area contributed by atoms with Gasteiger partial charge >= 0.3 is 12.5 Å². The fourth-order valence-electron chi connectivity index (χ4n) is 4.02. The summed E-state index contributed by atoms with van der Waals surface area (Å²) in [6, 6.07) is 19.4. The van der Waals surface area contributed by atoms with Gasteiger partial charge in [0.2, 0.25) is 0 Å². The third-order valence-electron chi connectivity index (χ3n) is 5.88. The van der Waals surface area contributed by atoms with E-state index in [0.717, 1.165) is 22.8 Å². The average Bonchev–Trinajstić information content (AvgIpc) is 3.37. The maximum atomic E-state index is 13.4. The zero-order valence-electron chi connectivity index (χ0n) is 20.6. The van der Waals surface area contributed by atoms with Crippen molar-refractivity contribution in [1.29, 1.82) is 0 Å². The van der Waals surface area contributed by atoms with Crippen LogP contribution in [0.5, 0.6) is 5.75 Å². The Hall–Kier alpha value is -4.19. The molecule has 206 valence electrons. The third-order valence-corrected chi connectivity index (χ3v) is 6.95. The number of nitrogens with one attached hydrogen (secondary N) is 1. The van der Waals surface area contributed by atoms with Crippen molar-refractivity contribution >= 4 is 27.4 Å². The minimum absolute atomic E-state index is 0.221. The topological polar surface area (TPSA) is 59.9 Å². The molecule has 0 aliphatic heterocycles. The number of aromatic nitrogens is 3. The van der Waals surface area contributed by atoms with E-state index in [1.807, 2.05) is 24.3 Å². The molecule has 0 aliphatic carbocycles. The standard InChI is InChI=1S/C28H20F6N4OS/c29-27(30,31)23-16-21-24(37-25(38-26(21)40-23)22-5-1-2-14-35-22)36-15-3-4-17-6-8-18(9-7-17)19-10-12-20(13-11-19)39-28(32,33)34/h1-2,5-14,16H,3-4,15H2,(H,36,37,38). The number of halogens is 6. The normalized spacial score (nSPS) is 12.1. The predicted octanol–water partition coefficient (Wildman–Crippen LogP) is 8.38. The molecular weight excluding hydrogens is 554 g/mol. The van der Waals surface area contributed by atoms with Gasteiger partial charge in [0, 0.05) is 12.7 Å². The fourth-order valence-corrected chi connectivity index (χ4v) is 4.92. The molecule has 0 amide bonds. The molecule has 12 heteroatoms. The largest absolute Gasteiger partial charge is 0.573 e. The number of anilines is 1. The molecule has 3 heterocycles. The Labute approximate surface area is 228 Å². The van der Waals surface area contributed by atoms with Crippen LogP contribution in [0.15, 0.2) is 79.0 Å². The van der Waals surface area contributed by atoms with Gasteiger partial charge in [0.25, 0.3) is 0 Å². The quantitative estimate of drug-likeness (QED) is 0.149. The smallest absolute Gasteiger partial charge is 0.406 e. The Bertz CT molecular complexity index is 1580. The fraction of sp³-hybridized carbons (Fsp3) is 0.179. The number of thiophene rings is 1. The van der Waals surface area contributed by atoms with Crippen LogP contribution < -0.4 is 10.1 Å². The summed E-state index contributed by atoms with van der Waals surface area (Å²) in [5, 5.41) is 3.46. The molecule has 40 heavy (non-hydrogen) atoms. The van der Waals surface area contributed by atoms with E-state index in [1.54, 1.807) is 36.5 Å². The molecule has 5 rings (SSSR count). The second-order valence-electron chi connectivity index (χ2n) is 8.74. The molecule has 0 aliphatic rings. The second kappa shape index (κ2) is 11.1. The van der Waals surface area contributed by atoms with Crippen molar-refractivity contribution in [2.75, 3.05) is 11.9 Å². The van der Waals surface area contributed by atoms with E-state index in [9.17, 15) is 26.3 Å². The van der Waals surface area contributed by atoms with Crippen LogP contribution in [0.4, 0.5) is 32.2 Å². The molecule has 3 aromatic heterocycles. The highest BCUT2D eigenvalue weighted by atomic mass is 32.1. The lowest BCUT2D eigenvalue weighted by molar-refractivity contribution is -0.274. The summed E-state index contributed by atoms with van der Waals surface area (Å²) in [5.74, 6) is 0.260. The number of hydrogen-bond donors (Lipinski definition) is 1. The summed E-state index contributed by atoms with van der Waals surface area (Å²) in [5.41, 5.74) is 3.06. The highest BCUT2D eigenvalue weighted by molar-refractivity contribution is 7.18. The van der Waals surface area contributed by atoms with E-state index < -0.39 is 17.4 Å². The van der Waals surface area contributed by atoms with Crippen LogP contribution in [-0.4, -0.2) is 27.9 Å². The average molecular weight is 575 g/mol. The molecule has 1 N–H and O–H groups in total. The first-order valence-electron chi connectivity index (χ1n) is 12.0. The number of rotatable bonds is 8. The molecule has 0 fully saturated rings. The maximum Gasteiger partial charge on any atom is 0.573 e. The lowest BCUT2D eigenvalue weighted by Gasteiger charge is -2.10. The number of nitrogens with zero attached hydrogens (tertiary/aromatic N) is 3. The van der Waals surface area contributed by atoms with Crippen LogP contribution in [0.3, 0.4) is 0 Å². The van der Waals surface area contributed by atoms with E-state index >= 15 is 0 Å². The van der Waals surface area contributed by atoms with Crippen LogP contribution in [0.25, 0.3) is 32.9 Å². The van der Waals surface area contributed by atoms with E-state index in [0.29, 0.717) is 47.6 Å². The Kier molecular flexibility index (Phi) is 7.61. The first-order valence-corrected chi connectivity index (χ1v) is 12.9. The van der Waals surface area contributed by atoms with Crippen molar-refractivity contribution in [3.05, 3.63) is 89.4 Å². The van der Waals surface area contributed by atoms with Gasteiger partial charge in [-0.2, -0.15) is 13.2 Å². The van der Waals surface area contributed by atoms with Crippen LogP contribution >= 0.6 is 11.3 Å². The number of hydrogen-bond acceptors (Lipinski definition) is 6. The summed E-state index contributed by atoms with van der Waals surface area (Å²) in [4.78, 5) is 12.5. The first kappa shape index (κ1) is 27.4. The Morgan fingerprint density at radius 3 is 2.15 bits per heavy atom. The molecule has 0 saturated heterocycles. The summed E-state index contributed by atoms with van der Waals surface area (Å²) in [7, 11) is 0. The number of ether oxygens (including phenoxy) is 1. The lowest BCUT2D eigenvalue weighted by Crippen LogP contribution is -2.16. The van der Waals surface area contributed by atoms with Crippen molar-refractivity contribution in [3.8, 4) is 28.4 Å². The summed E-state index contributed by atoms with van der Waals surface area (Å²) in [6.45, 7) is 0.452. The Balaban J connectivity index is 1.25. The van der Waals surface area contributed by atoms with Crippen molar-refractivity contribution in [3.63, 3.8) is 0 Å². The van der Waals surface area contributed by atoms with E-state index in [4.69, 9.17) is 0 Å². The van der Waals surface area contributed by atoms with Gasteiger partial charge in [-0.05, 0) is 59.9 Å². The summed E-state index contributed by atoms with van der Waals surface area (Å²) in [6.07, 6.45) is -6.31. The van der Waals surface area contributed by atoms with Gasteiger partial charge in [0.1, 0.15) is 27.0 Å². The van der Waals surface area contributed by atoms with Gasteiger partial charge < -0.3 is 10.1 Å². The zero-order chi connectivity index (χ0) is 28.3. The number of alkyl halides is 6. The Morgan fingerprint density at radius 2 is 1.52 bits per heavy atom. The highest BCUT2D eigenvalue weighted by Gasteiger charge is 2.34. The van der Waals surface area contributed by atoms with Crippen LogP contribution in [-0.2, 0) is 12.6 Å². The molecule has 0 unspecified atom stereocenters.